The smallest absolute Gasteiger partial charge is 0.226 e. The number of aliphatic hydroxyl groups excluding tert-OH is 1. The highest BCUT2D eigenvalue weighted by atomic mass is 35.5. The number of benzene rings is 2. The first-order chi connectivity index (χ1) is 10.6. The van der Waals surface area contributed by atoms with Crippen LogP contribution in [0.2, 0.25) is 5.02 Å². The maximum Gasteiger partial charge on any atom is 0.226 e. The zero-order valence-corrected chi connectivity index (χ0v) is 13.0. The second-order valence-corrected chi connectivity index (χ2v) is 5.27. The number of rotatable bonds is 6. The molecule has 2 rings (SSSR count). The molecule has 1 amide bonds. The Morgan fingerprint density at radius 2 is 2.00 bits per heavy atom. The van der Waals surface area contributed by atoms with Crippen molar-refractivity contribution in [2.75, 3.05) is 19.0 Å². The summed E-state index contributed by atoms with van der Waals surface area (Å²) in [5.41, 5.74) is 1.84. The van der Waals surface area contributed by atoms with Crippen LogP contribution in [0.25, 0.3) is 0 Å². The van der Waals surface area contributed by atoms with Gasteiger partial charge in [0.05, 0.1) is 13.0 Å². The summed E-state index contributed by atoms with van der Waals surface area (Å²) in [6.07, 6.45) is -0.613. The molecule has 0 heterocycles. The molecular formula is C17H18ClNO3. The van der Waals surface area contributed by atoms with Crippen LogP contribution >= 0.6 is 11.6 Å². The van der Waals surface area contributed by atoms with E-state index in [2.05, 4.69) is 5.32 Å². The Morgan fingerprint density at radius 1 is 1.27 bits per heavy atom. The normalized spacial score (nSPS) is 12.0. The van der Waals surface area contributed by atoms with Crippen molar-refractivity contribution in [2.45, 2.75) is 12.5 Å². The number of aliphatic hydroxyl groups is 1. The summed E-state index contributed by atoms with van der Waals surface area (Å²) in [6.45, 7) is 0.343. The van der Waals surface area contributed by atoms with Crippen molar-refractivity contribution in [2.24, 2.45) is 0 Å². The standard InChI is InChI=1S/C17H18ClNO3/c1-22-10-9-16(20)19-15-8-7-13(18)11-14(15)17(21)12-5-3-2-4-6-12/h2-8,11,17,21H,9-10H2,1H3,(H,19,20). The number of hydrogen-bond donors (Lipinski definition) is 2. The van der Waals surface area contributed by atoms with Crippen molar-refractivity contribution in [3.8, 4) is 0 Å². The third-order valence-corrected chi connectivity index (χ3v) is 3.47. The number of ether oxygens (including phenoxy) is 1. The molecule has 5 heteroatoms. The molecule has 2 N–H and O–H groups in total. The number of carbonyl (C=O) groups is 1. The number of halogens is 1. The highest BCUT2D eigenvalue weighted by Crippen LogP contribution is 2.30. The fraction of sp³-hybridized carbons (Fsp3) is 0.235. The first kappa shape index (κ1) is 16.5. The largest absolute Gasteiger partial charge is 0.384 e. The lowest BCUT2D eigenvalue weighted by molar-refractivity contribution is -0.117. The zero-order chi connectivity index (χ0) is 15.9. The number of carbonyl (C=O) groups excluding carboxylic acids is 1. The van der Waals surface area contributed by atoms with Crippen molar-refractivity contribution in [3.63, 3.8) is 0 Å². The van der Waals surface area contributed by atoms with E-state index < -0.39 is 6.10 Å². The number of hydrogen-bond acceptors (Lipinski definition) is 3. The van der Waals surface area contributed by atoms with Gasteiger partial charge in [-0.1, -0.05) is 41.9 Å². The molecule has 0 saturated carbocycles. The summed E-state index contributed by atoms with van der Waals surface area (Å²) in [5.74, 6) is -0.175. The van der Waals surface area contributed by atoms with Crippen LogP contribution < -0.4 is 5.32 Å². The van der Waals surface area contributed by atoms with Crippen LogP contribution in [0.5, 0.6) is 0 Å². The van der Waals surface area contributed by atoms with Crippen LogP contribution in [0.1, 0.15) is 23.7 Å². The minimum Gasteiger partial charge on any atom is -0.384 e. The second kappa shape index (κ2) is 7.94. The van der Waals surface area contributed by atoms with Gasteiger partial charge in [0.15, 0.2) is 0 Å². The fourth-order valence-electron chi connectivity index (χ4n) is 2.10. The van der Waals surface area contributed by atoms with Crippen LogP contribution in [0.3, 0.4) is 0 Å². The van der Waals surface area contributed by atoms with Gasteiger partial charge in [-0.05, 0) is 23.8 Å². The van der Waals surface area contributed by atoms with E-state index in [0.717, 1.165) is 5.56 Å². The van der Waals surface area contributed by atoms with Gasteiger partial charge in [-0.25, -0.2) is 0 Å². The summed E-state index contributed by atoms with van der Waals surface area (Å²) in [5, 5.41) is 13.8. The molecule has 22 heavy (non-hydrogen) atoms. The highest BCUT2D eigenvalue weighted by Gasteiger charge is 2.16. The summed E-state index contributed by atoms with van der Waals surface area (Å²) >= 11 is 6.02. The molecule has 0 spiro atoms. The summed E-state index contributed by atoms with van der Waals surface area (Å²) < 4.78 is 4.88. The van der Waals surface area contributed by atoms with Crippen molar-refractivity contribution in [3.05, 3.63) is 64.7 Å². The molecule has 4 nitrogen and oxygen atoms in total. The van der Waals surface area contributed by atoms with Crippen LogP contribution in [-0.4, -0.2) is 24.7 Å². The molecule has 0 aromatic heterocycles. The molecular weight excluding hydrogens is 302 g/mol. The molecule has 1 unspecified atom stereocenters. The van der Waals surface area contributed by atoms with E-state index in [9.17, 15) is 9.90 Å². The number of amides is 1. The zero-order valence-electron chi connectivity index (χ0n) is 12.3. The minimum atomic E-state index is -0.863. The van der Waals surface area contributed by atoms with E-state index in [-0.39, 0.29) is 12.3 Å². The molecule has 0 bridgehead atoms. The van der Waals surface area contributed by atoms with E-state index in [1.807, 2.05) is 30.3 Å². The molecule has 0 aliphatic heterocycles. The molecule has 0 aliphatic carbocycles. The van der Waals surface area contributed by atoms with Gasteiger partial charge in [-0.3, -0.25) is 4.79 Å². The minimum absolute atomic E-state index is 0.175. The quantitative estimate of drug-likeness (QED) is 0.858. The third kappa shape index (κ3) is 4.31. The summed E-state index contributed by atoms with van der Waals surface area (Å²) in [7, 11) is 1.54. The SMILES string of the molecule is COCCC(=O)Nc1ccc(Cl)cc1C(O)c1ccccc1. The Morgan fingerprint density at radius 3 is 2.68 bits per heavy atom. The summed E-state index contributed by atoms with van der Waals surface area (Å²) in [6, 6.07) is 14.2. The molecule has 1 atom stereocenters. The maximum atomic E-state index is 11.9. The molecule has 0 radical (unpaired) electrons. The van der Waals surface area contributed by atoms with Crippen molar-refractivity contribution in [1.82, 2.24) is 0 Å². The van der Waals surface area contributed by atoms with Crippen molar-refractivity contribution in [1.29, 1.82) is 0 Å². The topological polar surface area (TPSA) is 58.6 Å². The van der Waals surface area contributed by atoms with Crippen LogP contribution in [-0.2, 0) is 9.53 Å². The van der Waals surface area contributed by atoms with Gasteiger partial charge in [-0.2, -0.15) is 0 Å². The van der Waals surface area contributed by atoms with Crippen molar-refractivity contribution < 1.29 is 14.6 Å². The molecule has 2 aromatic rings. The van der Waals surface area contributed by atoms with Gasteiger partial charge in [0.1, 0.15) is 6.10 Å². The molecule has 0 fully saturated rings. The van der Waals surface area contributed by atoms with Gasteiger partial charge in [0, 0.05) is 23.4 Å². The lowest BCUT2D eigenvalue weighted by Crippen LogP contribution is -2.16. The number of nitrogens with one attached hydrogen (secondary N) is 1. The molecule has 116 valence electrons. The van der Waals surface area contributed by atoms with E-state index in [1.54, 1.807) is 25.3 Å². The summed E-state index contributed by atoms with van der Waals surface area (Å²) in [4.78, 5) is 11.9. The Labute approximate surface area is 134 Å². The van der Waals surface area contributed by atoms with Gasteiger partial charge in [-0.15, -0.1) is 0 Å². The third-order valence-electron chi connectivity index (χ3n) is 3.23. The Hall–Kier alpha value is -1.88. The van der Waals surface area contributed by atoms with Gasteiger partial charge in [0.2, 0.25) is 5.91 Å². The average molecular weight is 320 g/mol. The number of anilines is 1. The van der Waals surface area contributed by atoms with Crippen molar-refractivity contribution >= 4 is 23.2 Å². The predicted molar refractivity (Wildman–Crippen MR) is 87.1 cm³/mol. The van der Waals surface area contributed by atoms with Crippen LogP contribution in [0.4, 0.5) is 5.69 Å². The van der Waals surface area contributed by atoms with E-state index in [0.29, 0.717) is 22.9 Å². The molecule has 2 aromatic carbocycles. The van der Waals surface area contributed by atoms with Crippen LogP contribution in [0, 0.1) is 0 Å². The van der Waals surface area contributed by atoms with Gasteiger partial charge >= 0.3 is 0 Å². The molecule has 0 aliphatic rings. The monoisotopic (exact) mass is 319 g/mol. The first-order valence-corrected chi connectivity index (χ1v) is 7.31. The fourth-order valence-corrected chi connectivity index (χ4v) is 2.28. The van der Waals surface area contributed by atoms with Gasteiger partial charge in [0.25, 0.3) is 0 Å². The van der Waals surface area contributed by atoms with E-state index in [4.69, 9.17) is 16.3 Å². The Bertz CT molecular complexity index is 631. The van der Waals surface area contributed by atoms with Gasteiger partial charge < -0.3 is 15.2 Å². The lowest BCUT2D eigenvalue weighted by atomic mass is 10.00. The molecule has 0 saturated heterocycles. The van der Waals surface area contributed by atoms with Crippen LogP contribution in [0.15, 0.2) is 48.5 Å². The average Bonchev–Trinajstić information content (AvgIpc) is 2.54. The second-order valence-electron chi connectivity index (χ2n) is 4.84. The predicted octanol–water partition coefficient (Wildman–Crippen LogP) is 3.40. The first-order valence-electron chi connectivity index (χ1n) is 6.93. The Balaban J connectivity index is 2.26. The lowest BCUT2D eigenvalue weighted by Gasteiger charge is -2.17. The van der Waals surface area contributed by atoms with E-state index >= 15 is 0 Å². The van der Waals surface area contributed by atoms with E-state index in [1.165, 1.54) is 0 Å². The Kier molecular flexibility index (Phi) is 5.95. The number of methoxy groups -OCH3 is 1. The highest BCUT2D eigenvalue weighted by molar-refractivity contribution is 6.30. The maximum absolute atomic E-state index is 11.9.